The standard InChI is InChI=1S/C19H30N2O2/c1-19(2,3)12-15-10-16(11-15)20-18(22)21(4)13-14-6-8-17(23-5)9-7-14/h6-9,15-16H,10-13H2,1-5H3,(H,20,22)/t15-,16-. The van der Waals surface area contributed by atoms with E-state index in [0.29, 0.717) is 18.0 Å². The number of benzene rings is 1. The van der Waals surface area contributed by atoms with Gasteiger partial charge in [-0.1, -0.05) is 32.9 Å². The van der Waals surface area contributed by atoms with Gasteiger partial charge in [-0.2, -0.15) is 0 Å². The molecule has 1 N–H and O–H groups in total. The van der Waals surface area contributed by atoms with Crippen LogP contribution in [0.4, 0.5) is 4.79 Å². The van der Waals surface area contributed by atoms with Gasteiger partial charge < -0.3 is 15.0 Å². The van der Waals surface area contributed by atoms with Crippen molar-refractivity contribution in [1.29, 1.82) is 0 Å². The van der Waals surface area contributed by atoms with Crippen molar-refractivity contribution in [1.82, 2.24) is 10.2 Å². The number of carbonyl (C=O) groups is 1. The largest absolute Gasteiger partial charge is 0.497 e. The molecule has 1 aromatic rings. The first kappa shape index (κ1) is 17.6. The molecule has 0 spiro atoms. The zero-order valence-electron chi connectivity index (χ0n) is 15.1. The third-order valence-electron chi connectivity index (χ3n) is 4.39. The number of ether oxygens (including phenoxy) is 1. The van der Waals surface area contributed by atoms with Crippen molar-refractivity contribution >= 4 is 6.03 Å². The van der Waals surface area contributed by atoms with Crippen molar-refractivity contribution in [3.8, 4) is 5.75 Å². The normalized spacial score (nSPS) is 20.6. The molecule has 0 radical (unpaired) electrons. The van der Waals surface area contributed by atoms with Crippen LogP contribution < -0.4 is 10.1 Å². The van der Waals surface area contributed by atoms with Crippen molar-refractivity contribution in [3.05, 3.63) is 29.8 Å². The van der Waals surface area contributed by atoms with Crippen LogP contribution in [0.25, 0.3) is 0 Å². The summed E-state index contributed by atoms with van der Waals surface area (Å²) in [5, 5.41) is 3.14. The van der Waals surface area contributed by atoms with Gasteiger partial charge in [-0.05, 0) is 48.3 Å². The first-order chi connectivity index (χ1) is 10.8. The first-order valence-electron chi connectivity index (χ1n) is 8.41. The Balaban J connectivity index is 1.73. The van der Waals surface area contributed by atoms with Gasteiger partial charge in [-0.25, -0.2) is 4.79 Å². The second-order valence-corrected chi connectivity index (χ2v) is 7.95. The number of hydrogen-bond donors (Lipinski definition) is 1. The molecule has 1 saturated carbocycles. The van der Waals surface area contributed by atoms with E-state index in [4.69, 9.17) is 4.74 Å². The number of hydrogen-bond acceptors (Lipinski definition) is 2. The molecule has 0 aliphatic heterocycles. The monoisotopic (exact) mass is 318 g/mol. The van der Waals surface area contributed by atoms with Crippen LogP contribution >= 0.6 is 0 Å². The Morgan fingerprint density at radius 1 is 1.26 bits per heavy atom. The van der Waals surface area contributed by atoms with E-state index in [1.165, 1.54) is 6.42 Å². The quantitative estimate of drug-likeness (QED) is 0.890. The molecule has 4 heteroatoms. The lowest BCUT2D eigenvalue weighted by atomic mass is 9.71. The van der Waals surface area contributed by atoms with E-state index in [0.717, 1.165) is 30.1 Å². The van der Waals surface area contributed by atoms with E-state index in [1.807, 2.05) is 31.3 Å². The average Bonchev–Trinajstić information content (AvgIpc) is 2.44. The van der Waals surface area contributed by atoms with Crippen molar-refractivity contribution in [3.63, 3.8) is 0 Å². The van der Waals surface area contributed by atoms with Crippen molar-refractivity contribution < 1.29 is 9.53 Å². The van der Waals surface area contributed by atoms with Crippen molar-refractivity contribution in [2.24, 2.45) is 11.3 Å². The first-order valence-corrected chi connectivity index (χ1v) is 8.41. The molecule has 0 aromatic heterocycles. The Labute approximate surface area is 140 Å². The molecular formula is C19H30N2O2. The van der Waals surface area contributed by atoms with Crippen molar-refractivity contribution in [2.75, 3.05) is 14.2 Å². The summed E-state index contributed by atoms with van der Waals surface area (Å²) in [6.07, 6.45) is 3.46. The molecule has 1 aliphatic rings. The molecule has 0 heterocycles. The lowest BCUT2D eigenvalue weighted by molar-refractivity contribution is 0.148. The highest BCUT2D eigenvalue weighted by Gasteiger charge is 2.33. The van der Waals surface area contributed by atoms with Gasteiger partial charge in [0.15, 0.2) is 0 Å². The highest BCUT2D eigenvalue weighted by atomic mass is 16.5. The molecular weight excluding hydrogens is 288 g/mol. The summed E-state index contributed by atoms with van der Waals surface area (Å²) in [7, 11) is 3.49. The van der Waals surface area contributed by atoms with Gasteiger partial charge in [0.1, 0.15) is 5.75 Å². The SMILES string of the molecule is COc1ccc(CN(C)C(=O)N[C@H]2C[C@H](CC(C)(C)C)C2)cc1. The van der Waals surface area contributed by atoms with Gasteiger partial charge in [0.2, 0.25) is 0 Å². The summed E-state index contributed by atoms with van der Waals surface area (Å²) in [6.45, 7) is 7.44. The summed E-state index contributed by atoms with van der Waals surface area (Å²) in [5.74, 6) is 1.59. The topological polar surface area (TPSA) is 41.6 Å². The molecule has 0 unspecified atom stereocenters. The Bertz CT molecular complexity index is 513. The molecule has 1 fully saturated rings. The third kappa shape index (κ3) is 5.45. The fraction of sp³-hybridized carbons (Fsp3) is 0.632. The fourth-order valence-corrected chi connectivity index (χ4v) is 3.25. The molecule has 23 heavy (non-hydrogen) atoms. The number of methoxy groups -OCH3 is 1. The van der Waals surface area contributed by atoms with E-state index >= 15 is 0 Å². The van der Waals surface area contributed by atoms with Crippen LogP contribution in [0.3, 0.4) is 0 Å². The molecule has 128 valence electrons. The highest BCUT2D eigenvalue weighted by Crippen LogP contribution is 2.37. The van der Waals surface area contributed by atoms with Gasteiger partial charge in [-0.3, -0.25) is 0 Å². The lowest BCUT2D eigenvalue weighted by Gasteiger charge is -2.39. The predicted octanol–water partition coefficient (Wildman–Crippen LogP) is 4.05. The lowest BCUT2D eigenvalue weighted by Crippen LogP contribution is -2.49. The molecule has 0 bridgehead atoms. The molecule has 1 aromatic carbocycles. The number of amides is 2. The van der Waals surface area contributed by atoms with Crippen LogP contribution in [-0.4, -0.2) is 31.1 Å². The van der Waals surface area contributed by atoms with E-state index in [2.05, 4.69) is 26.1 Å². The summed E-state index contributed by atoms with van der Waals surface area (Å²) in [4.78, 5) is 14.0. The van der Waals surface area contributed by atoms with E-state index in [-0.39, 0.29) is 6.03 Å². The van der Waals surface area contributed by atoms with Crippen molar-refractivity contribution in [2.45, 2.75) is 52.6 Å². The molecule has 0 atom stereocenters. The van der Waals surface area contributed by atoms with Crippen LogP contribution in [0.1, 0.15) is 45.6 Å². The Hall–Kier alpha value is -1.71. The second kappa shape index (κ2) is 7.24. The average molecular weight is 318 g/mol. The smallest absolute Gasteiger partial charge is 0.317 e. The number of rotatable bonds is 5. The fourth-order valence-electron chi connectivity index (χ4n) is 3.25. The van der Waals surface area contributed by atoms with E-state index < -0.39 is 0 Å². The second-order valence-electron chi connectivity index (χ2n) is 7.95. The van der Waals surface area contributed by atoms with Gasteiger partial charge in [0.25, 0.3) is 0 Å². The molecule has 1 aliphatic carbocycles. The van der Waals surface area contributed by atoms with Gasteiger partial charge >= 0.3 is 6.03 Å². The van der Waals surface area contributed by atoms with Gasteiger partial charge in [0, 0.05) is 19.6 Å². The number of urea groups is 1. The van der Waals surface area contributed by atoms with E-state index in [9.17, 15) is 4.79 Å². The molecule has 2 amide bonds. The summed E-state index contributed by atoms with van der Waals surface area (Å²) >= 11 is 0. The molecule has 2 rings (SSSR count). The van der Waals surface area contributed by atoms with Gasteiger partial charge in [-0.15, -0.1) is 0 Å². The third-order valence-corrected chi connectivity index (χ3v) is 4.39. The summed E-state index contributed by atoms with van der Waals surface area (Å²) in [5.41, 5.74) is 1.48. The molecule has 0 saturated heterocycles. The summed E-state index contributed by atoms with van der Waals surface area (Å²) < 4.78 is 5.15. The van der Waals surface area contributed by atoms with Crippen LogP contribution in [0.5, 0.6) is 5.75 Å². The predicted molar refractivity (Wildman–Crippen MR) is 93.6 cm³/mol. The van der Waals surface area contributed by atoms with Crippen LogP contribution in [-0.2, 0) is 6.54 Å². The maximum atomic E-state index is 12.3. The minimum absolute atomic E-state index is 0.0139. The maximum absolute atomic E-state index is 12.3. The Morgan fingerprint density at radius 2 is 1.87 bits per heavy atom. The van der Waals surface area contributed by atoms with Gasteiger partial charge in [0.05, 0.1) is 7.11 Å². The maximum Gasteiger partial charge on any atom is 0.317 e. The highest BCUT2D eigenvalue weighted by molar-refractivity contribution is 5.74. The van der Waals surface area contributed by atoms with E-state index in [1.54, 1.807) is 12.0 Å². The zero-order chi connectivity index (χ0) is 17.0. The Kier molecular flexibility index (Phi) is 5.55. The number of nitrogens with zero attached hydrogens (tertiary/aromatic N) is 1. The number of carbonyl (C=O) groups excluding carboxylic acids is 1. The zero-order valence-corrected chi connectivity index (χ0v) is 15.1. The minimum atomic E-state index is 0.0139. The summed E-state index contributed by atoms with van der Waals surface area (Å²) in [6, 6.07) is 8.18. The Morgan fingerprint density at radius 3 is 2.39 bits per heavy atom. The van der Waals surface area contributed by atoms with Crippen LogP contribution in [0.2, 0.25) is 0 Å². The van der Waals surface area contributed by atoms with Crippen LogP contribution in [0, 0.1) is 11.3 Å². The number of nitrogens with one attached hydrogen (secondary N) is 1. The molecule has 4 nitrogen and oxygen atoms in total. The minimum Gasteiger partial charge on any atom is -0.497 e. The van der Waals surface area contributed by atoms with Crippen LogP contribution in [0.15, 0.2) is 24.3 Å².